The molecule has 2 heterocycles. The van der Waals surface area contributed by atoms with Crippen molar-refractivity contribution in [2.24, 2.45) is 5.92 Å². The van der Waals surface area contributed by atoms with E-state index >= 15 is 0 Å². The van der Waals surface area contributed by atoms with Gasteiger partial charge in [-0.2, -0.15) is 0 Å². The lowest BCUT2D eigenvalue weighted by atomic mass is 10.0. The van der Waals surface area contributed by atoms with Crippen molar-refractivity contribution in [3.05, 3.63) is 65.6 Å². The van der Waals surface area contributed by atoms with Gasteiger partial charge in [0, 0.05) is 23.2 Å². The molecule has 1 aromatic carbocycles. The minimum Gasteiger partial charge on any atom is -0.348 e. The van der Waals surface area contributed by atoms with Crippen molar-refractivity contribution in [3.63, 3.8) is 0 Å². The summed E-state index contributed by atoms with van der Waals surface area (Å²) < 4.78 is 25.1. The van der Waals surface area contributed by atoms with E-state index in [1.807, 2.05) is 18.2 Å². The average molecular weight is 348 g/mol. The summed E-state index contributed by atoms with van der Waals surface area (Å²) in [5.41, 5.74) is 2.21. The summed E-state index contributed by atoms with van der Waals surface area (Å²) in [4.78, 5) is 4.38. The van der Waals surface area contributed by atoms with Crippen molar-refractivity contribution in [2.45, 2.75) is 19.1 Å². The highest BCUT2D eigenvalue weighted by Crippen LogP contribution is 2.28. The van der Waals surface area contributed by atoms with Gasteiger partial charge >= 0.3 is 0 Å². The lowest BCUT2D eigenvalue weighted by Gasteiger charge is -2.29. The van der Waals surface area contributed by atoms with Gasteiger partial charge in [0.2, 0.25) is 0 Å². The van der Waals surface area contributed by atoms with Crippen LogP contribution in [0.2, 0.25) is 5.02 Å². The first-order valence-corrected chi connectivity index (χ1v) is 8.30. The number of allylic oxidation sites excluding steroid dienone is 1. The van der Waals surface area contributed by atoms with E-state index in [0.717, 1.165) is 18.4 Å². The fourth-order valence-corrected chi connectivity index (χ4v) is 2.74. The van der Waals surface area contributed by atoms with Gasteiger partial charge in [0.1, 0.15) is 5.82 Å². The van der Waals surface area contributed by atoms with E-state index in [4.69, 9.17) is 21.1 Å². The van der Waals surface area contributed by atoms with Crippen molar-refractivity contribution >= 4 is 11.6 Å². The second kappa shape index (κ2) is 7.88. The summed E-state index contributed by atoms with van der Waals surface area (Å²) >= 11 is 5.70. The molecule has 5 heteroatoms. The Balaban J connectivity index is 1.65. The molecule has 0 N–H and O–H groups in total. The van der Waals surface area contributed by atoms with Crippen LogP contribution in [0.3, 0.4) is 0 Å². The molecule has 3 rings (SSSR count). The van der Waals surface area contributed by atoms with Crippen molar-refractivity contribution < 1.29 is 13.9 Å². The van der Waals surface area contributed by atoms with Crippen molar-refractivity contribution in [1.82, 2.24) is 4.98 Å². The van der Waals surface area contributed by atoms with Crippen LogP contribution in [0.25, 0.3) is 11.3 Å². The largest absolute Gasteiger partial charge is 0.348 e. The Labute approximate surface area is 146 Å². The van der Waals surface area contributed by atoms with E-state index < -0.39 is 12.1 Å². The Kier molecular flexibility index (Phi) is 5.61. The summed E-state index contributed by atoms with van der Waals surface area (Å²) in [5.74, 6) is -0.0481. The number of benzene rings is 1. The van der Waals surface area contributed by atoms with Crippen LogP contribution >= 0.6 is 11.6 Å². The molecule has 0 spiro atoms. The van der Waals surface area contributed by atoms with Crippen molar-refractivity contribution in [3.8, 4) is 11.3 Å². The molecule has 1 aliphatic rings. The third kappa shape index (κ3) is 4.01. The average Bonchev–Trinajstić information content (AvgIpc) is 2.63. The number of hydrogen-bond donors (Lipinski definition) is 0. The first-order chi connectivity index (χ1) is 11.7. The maximum Gasteiger partial charge on any atom is 0.185 e. The van der Waals surface area contributed by atoms with Crippen LogP contribution in [0, 0.1) is 11.7 Å². The smallest absolute Gasteiger partial charge is 0.185 e. The Morgan fingerprint density at radius 2 is 2.04 bits per heavy atom. The topological polar surface area (TPSA) is 31.4 Å². The van der Waals surface area contributed by atoms with Gasteiger partial charge in [-0.3, -0.25) is 4.98 Å². The molecule has 0 atom stereocenters. The van der Waals surface area contributed by atoms with Crippen LogP contribution < -0.4 is 0 Å². The molecule has 0 bridgehead atoms. The van der Waals surface area contributed by atoms with Crippen LogP contribution in [-0.4, -0.2) is 18.2 Å². The normalized spacial score (nSPS) is 20.8. The summed E-state index contributed by atoms with van der Waals surface area (Å²) in [7, 11) is 0. The Morgan fingerprint density at radius 3 is 2.67 bits per heavy atom. The highest BCUT2D eigenvalue weighted by Gasteiger charge is 2.23. The zero-order valence-electron chi connectivity index (χ0n) is 13.3. The van der Waals surface area contributed by atoms with E-state index in [1.54, 1.807) is 12.3 Å². The molecule has 0 aliphatic carbocycles. The maximum atomic E-state index is 13.6. The number of ether oxygens (including phenoxy) is 2. The molecular formula is C19H19ClFNO2. The molecule has 0 saturated carbocycles. The van der Waals surface area contributed by atoms with E-state index in [9.17, 15) is 4.39 Å². The minimum absolute atomic E-state index is 0.102. The third-order valence-corrected chi connectivity index (χ3v) is 4.33. The van der Waals surface area contributed by atoms with Gasteiger partial charge < -0.3 is 9.47 Å². The number of halogens is 2. The Morgan fingerprint density at radius 1 is 1.25 bits per heavy atom. The van der Waals surface area contributed by atoms with Crippen molar-refractivity contribution in [1.29, 1.82) is 0 Å². The van der Waals surface area contributed by atoms with Crippen LogP contribution in [0.1, 0.15) is 24.7 Å². The number of aromatic nitrogens is 1. The molecule has 1 fully saturated rings. The zero-order chi connectivity index (χ0) is 16.9. The molecule has 126 valence electrons. The molecule has 24 heavy (non-hydrogen) atoms. The summed E-state index contributed by atoms with van der Waals surface area (Å²) in [6.45, 7) is 5.07. The molecule has 1 saturated heterocycles. The van der Waals surface area contributed by atoms with Gasteiger partial charge in [-0.05, 0) is 31.0 Å². The number of rotatable bonds is 5. The Bertz CT molecular complexity index is 697. The second-order valence-corrected chi connectivity index (χ2v) is 6.24. The zero-order valence-corrected chi connectivity index (χ0v) is 14.0. The van der Waals surface area contributed by atoms with Gasteiger partial charge in [0.05, 0.1) is 23.9 Å². The van der Waals surface area contributed by atoms with E-state index in [0.29, 0.717) is 30.4 Å². The minimum atomic E-state index is -0.454. The molecule has 0 radical (unpaired) electrons. The van der Waals surface area contributed by atoms with Crippen LogP contribution in [0.4, 0.5) is 4.39 Å². The van der Waals surface area contributed by atoms with Crippen LogP contribution in [0.5, 0.6) is 0 Å². The van der Waals surface area contributed by atoms with Gasteiger partial charge in [0.25, 0.3) is 0 Å². The highest BCUT2D eigenvalue weighted by molar-refractivity contribution is 6.30. The molecule has 0 amide bonds. The Hall–Kier alpha value is -1.75. The fraction of sp³-hybridized carbons (Fsp3) is 0.316. The SMILES string of the molecule is C=CCCC1COC(c2ccc(-c3ccc(Cl)c(F)c3)nc2)OC1. The first kappa shape index (κ1) is 17.1. The van der Waals surface area contributed by atoms with Gasteiger partial charge in [-0.1, -0.05) is 29.8 Å². The summed E-state index contributed by atoms with van der Waals surface area (Å²) in [6.07, 6.45) is 5.21. The first-order valence-electron chi connectivity index (χ1n) is 7.93. The highest BCUT2D eigenvalue weighted by atomic mass is 35.5. The van der Waals surface area contributed by atoms with Gasteiger partial charge in [0.15, 0.2) is 6.29 Å². The number of pyridine rings is 1. The van der Waals surface area contributed by atoms with E-state index in [1.165, 1.54) is 12.1 Å². The van der Waals surface area contributed by atoms with Gasteiger partial charge in [-0.25, -0.2) is 4.39 Å². The predicted molar refractivity (Wildman–Crippen MR) is 92.2 cm³/mol. The quantitative estimate of drug-likeness (QED) is 0.699. The standard InChI is InChI=1S/C19H19ClFNO2/c1-2-3-4-13-11-23-19(24-12-13)15-6-8-18(22-10-15)14-5-7-16(20)17(21)9-14/h2,5-10,13,19H,1,3-4,11-12H2. The van der Waals surface area contributed by atoms with Crippen molar-refractivity contribution in [2.75, 3.05) is 13.2 Å². The third-order valence-electron chi connectivity index (χ3n) is 4.02. The molecular weight excluding hydrogens is 329 g/mol. The summed E-state index contributed by atoms with van der Waals surface area (Å²) in [6, 6.07) is 8.37. The van der Waals surface area contributed by atoms with Gasteiger partial charge in [-0.15, -0.1) is 6.58 Å². The molecule has 0 unspecified atom stereocenters. The molecule has 1 aromatic heterocycles. The lowest BCUT2D eigenvalue weighted by Crippen LogP contribution is -2.27. The second-order valence-electron chi connectivity index (χ2n) is 5.84. The predicted octanol–water partition coefficient (Wildman–Crippen LogP) is 5.17. The van der Waals surface area contributed by atoms with Crippen LogP contribution in [-0.2, 0) is 9.47 Å². The van der Waals surface area contributed by atoms with E-state index in [2.05, 4.69) is 11.6 Å². The molecule has 3 nitrogen and oxygen atoms in total. The van der Waals surface area contributed by atoms with E-state index in [-0.39, 0.29) is 5.02 Å². The lowest BCUT2D eigenvalue weighted by molar-refractivity contribution is -0.205. The fourth-order valence-electron chi connectivity index (χ4n) is 2.63. The summed E-state index contributed by atoms with van der Waals surface area (Å²) in [5, 5.41) is 0.102. The molecule has 1 aliphatic heterocycles. The molecule has 2 aromatic rings. The monoisotopic (exact) mass is 347 g/mol. The maximum absolute atomic E-state index is 13.6. The van der Waals surface area contributed by atoms with Crippen LogP contribution in [0.15, 0.2) is 49.2 Å². The number of hydrogen-bond acceptors (Lipinski definition) is 3. The number of nitrogens with zero attached hydrogens (tertiary/aromatic N) is 1.